The van der Waals surface area contributed by atoms with Crippen molar-refractivity contribution in [3.63, 3.8) is 0 Å². The lowest BCUT2D eigenvalue weighted by atomic mass is 10.1. The zero-order valence-electron chi connectivity index (χ0n) is 18.7. The first-order chi connectivity index (χ1) is 15.2. The van der Waals surface area contributed by atoms with Gasteiger partial charge in [-0.05, 0) is 62.2 Å². The van der Waals surface area contributed by atoms with Crippen molar-refractivity contribution in [1.29, 1.82) is 0 Å². The van der Waals surface area contributed by atoms with Gasteiger partial charge in [-0.3, -0.25) is 14.0 Å². The molecule has 0 spiro atoms. The third kappa shape index (κ3) is 6.15. The Morgan fingerprint density at radius 2 is 1.88 bits per heavy atom. The molecule has 0 unspecified atom stereocenters. The predicted molar refractivity (Wildman–Crippen MR) is 128 cm³/mol. The normalized spacial score (nSPS) is 15.4. The molecule has 7 nitrogen and oxygen atoms in total. The van der Waals surface area contributed by atoms with Gasteiger partial charge in [0, 0.05) is 13.1 Å². The predicted octanol–water partition coefficient (Wildman–Crippen LogP) is 3.42. The number of amides is 1. The lowest BCUT2D eigenvalue weighted by Crippen LogP contribution is -2.47. The lowest BCUT2D eigenvalue weighted by Gasteiger charge is -2.28. The molecule has 1 fully saturated rings. The fourth-order valence-corrected chi connectivity index (χ4v) is 5.39. The van der Waals surface area contributed by atoms with Gasteiger partial charge in [-0.1, -0.05) is 35.9 Å². The van der Waals surface area contributed by atoms with Crippen LogP contribution in [-0.4, -0.2) is 51.7 Å². The number of benzene rings is 2. The van der Waals surface area contributed by atoms with Gasteiger partial charge >= 0.3 is 0 Å². The number of likely N-dealkylation sites (tertiary alicyclic amines) is 1. The Kier molecular flexibility index (Phi) is 8.03. The number of rotatable bonds is 9. The van der Waals surface area contributed by atoms with Crippen LogP contribution in [0.25, 0.3) is 0 Å². The number of hydrogen-bond donors (Lipinski definition) is 1. The molecule has 0 bridgehead atoms. The van der Waals surface area contributed by atoms with Crippen molar-refractivity contribution in [2.75, 3.05) is 30.8 Å². The van der Waals surface area contributed by atoms with Crippen molar-refractivity contribution in [2.45, 2.75) is 38.9 Å². The molecule has 2 aromatic carbocycles. The molecule has 0 aromatic heterocycles. The second-order valence-corrected chi connectivity index (χ2v) is 10.3. The average Bonchev–Trinajstić information content (AvgIpc) is 3.24. The molecule has 174 valence electrons. The second-order valence-electron chi connectivity index (χ2n) is 8.07. The summed E-state index contributed by atoms with van der Waals surface area (Å²) in [6.45, 7) is 5.01. The number of ether oxygens (including phenoxy) is 1. The smallest absolute Gasteiger partial charge is 0.243 e. The van der Waals surface area contributed by atoms with Crippen molar-refractivity contribution in [3.8, 4) is 5.75 Å². The van der Waals surface area contributed by atoms with Crippen molar-refractivity contribution in [3.05, 3.63) is 58.6 Å². The molecular formula is C23H30ClN3O4S. The topological polar surface area (TPSA) is 79.0 Å². The summed E-state index contributed by atoms with van der Waals surface area (Å²) < 4.78 is 31.2. The van der Waals surface area contributed by atoms with Gasteiger partial charge in [0.2, 0.25) is 15.9 Å². The molecule has 0 saturated carbocycles. The number of nitrogens with zero attached hydrogens (tertiary/aromatic N) is 2. The minimum atomic E-state index is -3.73. The highest BCUT2D eigenvalue weighted by Crippen LogP contribution is 2.31. The van der Waals surface area contributed by atoms with E-state index in [0.717, 1.165) is 35.8 Å². The van der Waals surface area contributed by atoms with Crippen LogP contribution in [0.3, 0.4) is 0 Å². The summed E-state index contributed by atoms with van der Waals surface area (Å²) in [6, 6.07) is 11.8. The molecule has 1 atom stereocenters. The van der Waals surface area contributed by atoms with Gasteiger partial charge < -0.3 is 10.1 Å². The molecule has 2 aromatic rings. The number of carbonyl (C=O) groups excluding carboxylic acids is 1. The van der Waals surface area contributed by atoms with Crippen LogP contribution in [0.1, 0.15) is 30.9 Å². The minimum absolute atomic E-state index is 0.265. The molecule has 32 heavy (non-hydrogen) atoms. The first-order valence-corrected chi connectivity index (χ1v) is 12.8. The Labute approximate surface area is 195 Å². The lowest BCUT2D eigenvalue weighted by molar-refractivity contribution is -0.122. The molecule has 1 aliphatic heterocycles. The largest absolute Gasteiger partial charge is 0.495 e. The zero-order chi connectivity index (χ0) is 23.3. The minimum Gasteiger partial charge on any atom is -0.495 e. The van der Waals surface area contributed by atoms with Crippen LogP contribution < -0.4 is 14.4 Å². The summed E-state index contributed by atoms with van der Waals surface area (Å²) >= 11 is 6.17. The second kappa shape index (κ2) is 10.6. The highest BCUT2D eigenvalue weighted by atomic mass is 35.5. The van der Waals surface area contributed by atoms with Crippen LogP contribution >= 0.6 is 11.6 Å². The van der Waals surface area contributed by atoms with Crippen molar-refractivity contribution < 1.29 is 17.9 Å². The van der Waals surface area contributed by atoms with Crippen molar-refractivity contribution in [1.82, 2.24) is 10.2 Å². The van der Waals surface area contributed by atoms with E-state index in [4.69, 9.17) is 16.3 Å². The maximum atomic E-state index is 12.9. The maximum absolute atomic E-state index is 12.9. The number of anilines is 1. The van der Waals surface area contributed by atoms with Gasteiger partial charge in [0.1, 0.15) is 11.8 Å². The van der Waals surface area contributed by atoms with Gasteiger partial charge in [-0.15, -0.1) is 0 Å². The molecule has 0 aliphatic carbocycles. The van der Waals surface area contributed by atoms with E-state index in [-0.39, 0.29) is 5.02 Å². The van der Waals surface area contributed by atoms with E-state index in [1.54, 1.807) is 19.1 Å². The Balaban J connectivity index is 1.69. The van der Waals surface area contributed by atoms with Crippen LogP contribution in [0.2, 0.25) is 5.02 Å². The highest BCUT2D eigenvalue weighted by Gasteiger charge is 2.29. The molecule has 1 heterocycles. The van der Waals surface area contributed by atoms with E-state index >= 15 is 0 Å². The maximum Gasteiger partial charge on any atom is 0.243 e. The van der Waals surface area contributed by atoms with Crippen LogP contribution in [0, 0.1) is 0 Å². The average molecular weight is 480 g/mol. The van der Waals surface area contributed by atoms with E-state index in [1.807, 2.05) is 12.1 Å². The van der Waals surface area contributed by atoms with E-state index in [0.29, 0.717) is 18.0 Å². The summed E-state index contributed by atoms with van der Waals surface area (Å²) in [6.07, 6.45) is 3.55. The summed E-state index contributed by atoms with van der Waals surface area (Å²) in [4.78, 5) is 15.3. The monoisotopic (exact) mass is 479 g/mol. The summed E-state index contributed by atoms with van der Waals surface area (Å²) in [7, 11) is -2.26. The quantitative estimate of drug-likeness (QED) is 0.596. The van der Waals surface area contributed by atoms with Crippen LogP contribution in [0.5, 0.6) is 5.75 Å². The fourth-order valence-electron chi connectivity index (χ4n) is 3.97. The molecule has 1 amide bonds. The molecule has 9 heteroatoms. The van der Waals surface area contributed by atoms with Crippen LogP contribution in [0.15, 0.2) is 42.5 Å². The first kappa shape index (κ1) is 24.4. The van der Waals surface area contributed by atoms with Crippen molar-refractivity contribution >= 4 is 33.2 Å². The fraction of sp³-hybridized carbons (Fsp3) is 0.435. The van der Waals surface area contributed by atoms with E-state index in [2.05, 4.69) is 22.3 Å². The Hall–Kier alpha value is -2.29. The number of carbonyl (C=O) groups is 1. The molecule has 1 aliphatic rings. The zero-order valence-corrected chi connectivity index (χ0v) is 20.2. The van der Waals surface area contributed by atoms with Crippen molar-refractivity contribution in [2.24, 2.45) is 0 Å². The van der Waals surface area contributed by atoms with E-state index in [1.165, 1.54) is 31.6 Å². The number of methoxy groups -OCH3 is 1. The van der Waals surface area contributed by atoms with Gasteiger partial charge in [-0.25, -0.2) is 8.42 Å². The number of nitrogens with one attached hydrogen (secondary N) is 1. The van der Waals surface area contributed by atoms with Crippen LogP contribution in [-0.2, 0) is 27.9 Å². The Bertz CT molecular complexity index is 1050. The SMILES string of the molecule is COc1ccc(N([C@H](C)C(=O)NCc2cccc(CN3CCCC3)c2)S(C)(=O)=O)cc1Cl. The number of halogens is 1. The Morgan fingerprint density at radius 3 is 2.50 bits per heavy atom. The third-order valence-corrected chi connectivity index (χ3v) is 7.08. The van der Waals surface area contributed by atoms with Gasteiger partial charge in [-0.2, -0.15) is 0 Å². The highest BCUT2D eigenvalue weighted by molar-refractivity contribution is 7.92. The first-order valence-electron chi connectivity index (χ1n) is 10.6. The molecule has 3 rings (SSSR count). The standard InChI is InChI=1S/C23H30ClN3O4S/c1-17(27(32(3,29)30)20-9-10-22(31-2)21(24)14-20)23(28)25-15-18-7-6-8-19(13-18)16-26-11-4-5-12-26/h6-10,13-14,17H,4-5,11-12,15-16H2,1-3H3,(H,25,28)/t17-/m1/s1. The molecule has 0 radical (unpaired) electrons. The van der Waals surface area contributed by atoms with Crippen LogP contribution in [0.4, 0.5) is 5.69 Å². The molecular weight excluding hydrogens is 450 g/mol. The van der Waals surface area contributed by atoms with Gasteiger partial charge in [0.05, 0.1) is 24.1 Å². The molecule has 1 saturated heterocycles. The summed E-state index contributed by atoms with van der Waals surface area (Å²) in [5.41, 5.74) is 2.48. The van der Waals surface area contributed by atoms with E-state index in [9.17, 15) is 13.2 Å². The van der Waals surface area contributed by atoms with E-state index < -0.39 is 22.0 Å². The van der Waals surface area contributed by atoms with Gasteiger partial charge in [0.25, 0.3) is 0 Å². The molecule has 1 N–H and O–H groups in total. The summed E-state index contributed by atoms with van der Waals surface area (Å²) in [5.74, 6) is 0.0297. The Morgan fingerprint density at radius 1 is 1.19 bits per heavy atom. The number of hydrogen-bond acceptors (Lipinski definition) is 5. The van der Waals surface area contributed by atoms with Gasteiger partial charge in [0.15, 0.2) is 0 Å². The third-order valence-electron chi connectivity index (χ3n) is 5.54. The summed E-state index contributed by atoms with van der Waals surface area (Å²) in [5, 5.41) is 3.13. The number of sulfonamides is 1.